The molecule has 2 nitrogen and oxygen atoms in total. The highest BCUT2D eigenvalue weighted by molar-refractivity contribution is 9.10. The molecule has 0 fully saturated rings. The van der Waals surface area contributed by atoms with Gasteiger partial charge in [-0.2, -0.15) is 18.4 Å². The summed E-state index contributed by atoms with van der Waals surface area (Å²) < 4.78 is 36.4. The van der Waals surface area contributed by atoms with Crippen molar-refractivity contribution in [3.05, 3.63) is 22.2 Å². The monoisotopic (exact) mass is 310 g/mol. The van der Waals surface area contributed by atoms with Crippen LogP contribution in [0.15, 0.2) is 21.5 Å². The molecule has 7 heteroatoms. The van der Waals surface area contributed by atoms with Gasteiger partial charge in [-0.3, -0.25) is 0 Å². The van der Waals surface area contributed by atoms with E-state index in [1.165, 1.54) is 12.1 Å². The Hall–Kier alpha value is -0.870. The van der Waals surface area contributed by atoms with Crippen LogP contribution in [0.25, 0.3) is 0 Å². The van der Waals surface area contributed by atoms with Gasteiger partial charge in [0.05, 0.1) is 17.0 Å². The summed E-state index contributed by atoms with van der Waals surface area (Å²) in [6.45, 7) is 0. The van der Waals surface area contributed by atoms with Gasteiger partial charge in [0.25, 0.3) is 0 Å². The first-order chi connectivity index (χ1) is 7.33. The van der Waals surface area contributed by atoms with E-state index in [-0.39, 0.29) is 11.3 Å². The SMILES string of the molecule is N#Cc1cc(Br)c(SCC(F)(F)F)cc1N. The van der Waals surface area contributed by atoms with Gasteiger partial charge in [0.1, 0.15) is 6.07 Å². The van der Waals surface area contributed by atoms with Crippen molar-refractivity contribution in [1.29, 1.82) is 5.26 Å². The summed E-state index contributed by atoms with van der Waals surface area (Å²) in [5.41, 5.74) is 5.92. The smallest absolute Gasteiger partial charge is 0.398 e. The van der Waals surface area contributed by atoms with Crippen molar-refractivity contribution in [3.8, 4) is 6.07 Å². The number of anilines is 1. The van der Waals surface area contributed by atoms with Gasteiger partial charge in [0, 0.05) is 9.37 Å². The lowest BCUT2D eigenvalue weighted by Gasteiger charge is -2.09. The second-order valence-corrected chi connectivity index (χ2v) is 4.76. The maximum atomic E-state index is 12.0. The van der Waals surface area contributed by atoms with Crippen molar-refractivity contribution in [3.63, 3.8) is 0 Å². The highest BCUT2D eigenvalue weighted by Crippen LogP contribution is 2.34. The number of alkyl halides is 3. The standard InChI is InChI=1S/C9H6BrF3N2S/c10-6-1-5(3-14)7(15)2-8(6)16-4-9(11,12)13/h1-2H,4,15H2. The third-order valence-corrected chi connectivity index (χ3v) is 3.65. The number of benzene rings is 1. The molecule has 0 bridgehead atoms. The Bertz CT molecular complexity index is 440. The van der Waals surface area contributed by atoms with Gasteiger partial charge < -0.3 is 5.73 Å². The van der Waals surface area contributed by atoms with E-state index in [0.29, 0.717) is 21.1 Å². The Morgan fingerprint density at radius 1 is 1.44 bits per heavy atom. The molecule has 0 saturated heterocycles. The molecule has 0 spiro atoms. The molecule has 86 valence electrons. The van der Waals surface area contributed by atoms with Crippen LogP contribution >= 0.6 is 27.7 Å². The molecule has 2 N–H and O–H groups in total. The minimum absolute atomic E-state index is 0.176. The fraction of sp³-hybridized carbons (Fsp3) is 0.222. The van der Waals surface area contributed by atoms with E-state index in [4.69, 9.17) is 11.0 Å². The maximum Gasteiger partial charge on any atom is 0.398 e. The number of hydrogen-bond donors (Lipinski definition) is 1. The van der Waals surface area contributed by atoms with E-state index in [1.807, 2.05) is 6.07 Å². The molecule has 0 aliphatic rings. The van der Waals surface area contributed by atoms with Crippen LogP contribution in [-0.2, 0) is 0 Å². The number of nitrogens with zero attached hydrogens (tertiary/aromatic N) is 1. The Kier molecular flexibility index (Phi) is 4.10. The normalized spacial score (nSPS) is 11.2. The number of nitriles is 1. The van der Waals surface area contributed by atoms with Gasteiger partial charge in [-0.05, 0) is 28.1 Å². The highest BCUT2D eigenvalue weighted by Gasteiger charge is 2.27. The van der Waals surface area contributed by atoms with Gasteiger partial charge in [0.15, 0.2) is 0 Å². The van der Waals surface area contributed by atoms with Crippen molar-refractivity contribution in [2.24, 2.45) is 0 Å². The summed E-state index contributed by atoms with van der Waals surface area (Å²) in [5, 5.41) is 8.66. The third-order valence-electron chi connectivity index (χ3n) is 1.62. The van der Waals surface area contributed by atoms with Gasteiger partial charge in [-0.15, -0.1) is 11.8 Å². The van der Waals surface area contributed by atoms with Crippen LogP contribution in [0.3, 0.4) is 0 Å². The van der Waals surface area contributed by atoms with Crippen LogP contribution in [-0.4, -0.2) is 11.9 Å². The molecule has 0 radical (unpaired) electrons. The predicted molar refractivity (Wildman–Crippen MR) is 60.0 cm³/mol. The number of halogens is 4. The minimum atomic E-state index is -4.23. The summed E-state index contributed by atoms with van der Waals surface area (Å²) in [7, 11) is 0. The Morgan fingerprint density at radius 2 is 2.06 bits per heavy atom. The van der Waals surface area contributed by atoms with E-state index in [2.05, 4.69) is 15.9 Å². The lowest BCUT2D eigenvalue weighted by atomic mass is 10.2. The molecular weight excluding hydrogens is 305 g/mol. The molecule has 1 rings (SSSR count). The predicted octanol–water partition coefficient (Wildman–Crippen LogP) is 3.56. The topological polar surface area (TPSA) is 49.8 Å². The van der Waals surface area contributed by atoms with Crippen molar-refractivity contribution in [2.75, 3.05) is 11.5 Å². The lowest BCUT2D eigenvalue weighted by molar-refractivity contribution is -0.105. The zero-order chi connectivity index (χ0) is 12.3. The first kappa shape index (κ1) is 13.2. The molecule has 1 aromatic rings. The first-order valence-electron chi connectivity index (χ1n) is 4.02. The van der Waals surface area contributed by atoms with E-state index >= 15 is 0 Å². The van der Waals surface area contributed by atoms with Crippen LogP contribution in [0.2, 0.25) is 0 Å². The van der Waals surface area contributed by atoms with Crippen molar-refractivity contribution in [2.45, 2.75) is 11.1 Å². The van der Waals surface area contributed by atoms with Gasteiger partial charge in [-0.1, -0.05) is 0 Å². The highest BCUT2D eigenvalue weighted by atomic mass is 79.9. The Labute approximate surface area is 103 Å². The van der Waals surface area contributed by atoms with Crippen molar-refractivity contribution < 1.29 is 13.2 Å². The van der Waals surface area contributed by atoms with Crippen LogP contribution in [0, 0.1) is 11.3 Å². The number of nitrogen functional groups attached to an aromatic ring is 1. The van der Waals surface area contributed by atoms with Crippen LogP contribution < -0.4 is 5.73 Å². The second kappa shape index (κ2) is 4.97. The van der Waals surface area contributed by atoms with E-state index in [0.717, 1.165) is 0 Å². The quantitative estimate of drug-likeness (QED) is 0.671. The average Bonchev–Trinajstić information content (AvgIpc) is 2.17. The van der Waals surface area contributed by atoms with Gasteiger partial charge >= 0.3 is 6.18 Å². The number of nitrogens with two attached hydrogens (primary N) is 1. The van der Waals surface area contributed by atoms with E-state index < -0.39 is 11.9 Å². The minimum Gasteiger partial charge on any atom is -0.398 e. The molecule has 0 aliphatic heterocycles. The molecule has 0 amide bonds. The summed E-state index contributed by atoms with van der Waals surface area (Å²) in [4.78, 5) is 0.369. The lowest BCUT2D eigenvalue weighted by Crippen LogP contribution is -2.10. The molecule has 0 heterocycles. The van der Waals surface area contributed by atoms with E-state index in [1.54, 1.807) is 0 Å². The molecule has 1 aromatic carbocycles. The van der Waals surface area contributed by atoms with Crippen molar-refractivity contribution >= 4 is 33.4 Å². The maximum absolute atomic E-state index is 12.0. The van der Waals surface area contributed by atoms with Gasteiger partial charge in [0.2, 0.25) is 0 Å². The first-order valence-corrected chi connectivity index (χ1v) is 5.80. The molecular formula is C9H6BrF3N2S. The molecule has 0 unspecified atom stereocenters. The molecule has 0 aromatic heterocycles. The molecule has 0 aliphatic carbocycles. The number of thioether (sulfide) groups is 1. The van der Waals surface area contributed by atoms with Crippen molar-refractivity contribution in [1.82, 2.24) is 0 Å². The fourth-order valence-corrected chi connectivity index (χ4v) is 2.35. The Morgan fingerprint density at radius 3 is 2.56 bits per heavy atom. The molecule has 16 heavy (non-hydrogen) atoms. The summed E-state index contributed by atoms with van der Waals surface area (Å²) in [5.74, 6) is -0.989. The second-order valence-electron chi connectivity index (χ2n) is 2.89. The summed E-state index contributed by atoms with van der Waals surface area (Å²) >= 11 is 3.72. The summed E-state index contributed by atoms with van der Waals surface area (Å²) in [6.07, 6.45) is -4.23. The van der Waals surface area contributed by atoms with Gasteiger partial charge in [-0.25, -0.2) is 0 Å². The number of rotatable bonds is 2. The fourth-order valence-electron chi connectivity index (χ4n) is 0.936. The van der Waals surface area contributed by atoms with Crippen LogP contribution in [0.5, 0.6) is 0 Å². The third kappa shape index (κ3) is 3.61. The average molecular weight is 311 g/mol. The largest absolute Gasteiger partial charge is 0.398 e. The number of hydrogen-bond acceptors (Lipinski definition) is 3. The zero-order valence-corrected chi connectivity index (χ0v) is 10.2. The van der Waals surface area contributed by atoms with Crippen LogP contribution in [0.1, 0.15) is 5.56 Å². The zero-order valence-electron chi connectivity index (χ0n) is 7.81. The summed E-state index contributed by atoms with van der Waals surface area (Å²) in [6, 6.07) is 4.62. The molecule has 0 atom stereocenters. The van der Waals surface area contributed by atoms with Crippen LogP contribution in [0.4, 0.5) is 18.9 Å². The van der Waals surface area contributed by atoms with E-state index in [9.17, 15) is 13.2 Å². The molecule has 0 saturated carbocycles. The Balaban J connectivity index is 2.91.